The van der Waals surface area contributed by atoms with Crippen molar-refractivity contribution in [2.45, 2.75) is 26.4 Å². The smallest absolute Gasteiger partial charge is 0.220 e. The zero-order valence-corrected chi connectivity index (χ0v) is 11.1. The van der Waals surface area contributed by atoms with Gasteiger partial charge in [-0.1, -0.05) is 26.0 Å². The molecule has 0 heterocycles. The lowest BCUT2D eigenvalue weighted by Crippen LogP contribution is -2.29. The molecule has 0 aromatic heterocycles. The Kier molecular flexibility index (Phi) is 5.78. The average Bonchev–Trinajstić information content (AvgIpc) is 2.29. The van der Waals surface area contributed by atoms with E-state index in [9.17, 15) is 9.18 Å². The van der Waals surface area contributed by atoms with Crippen LogP contribution < -0.4 is 5.32 Å². The van der Waals surface area contributed by atoms with Gasteiger partial charge in [-0.25, -0.2) is 4.39 Å². The first-order chi connectivity index (χ1) is 8.52. The number of carbonyl (C=O) groups is 1. The second kappa shape index (κ2) is 7.11. The molecule has 1 N–H and O–H groups in total. The molecule has 4 heteroatoms. The van der Waals surface area contributed by atoms with Crippen LogP contribution in [-0.4, -0.2) is 19.6 Å². The van der Waals surface area contributed by atoms with Crippen LogP contribution >= 0.6 is 0 Å². The van der Waals surface area contributed by atoms with Crippen LogP contribution in [0.5, 0.6) is 0 Å². The van der Waals surface area contributed by atoms with Crippen LogP contribution in [0.2, 0.25) is 0 Å². The Hall–Kier alpha value is -1.42. The molecule has 0 aliphatic rings. The second-order valence-electron chi connectivity index (χ2n) is 4.68. The minimum absolute atomic E-state index is 0.0107. The lowest BCUT2D eigenvalue weighted by molar-refractivity contribution is -0.122. The number of amides is 1. The predicted molar refractivity (Wildman–Crippen MR) is 68.6 cm³/mol. The summed E-state index contributed by atoms with van der Waals surface area (Å²) in [5.74, 6) is 0.00618. The Morgan fingerprint density at radius 2 is 2.17 bits per heavy atom. The molecule has 1 unspecified atom stereocenters. The number of hydrogen-bond donors (Lipinski definition) is 1. The van der Waals surface area contributed by atoms with E-state index in [4.69, 9.17) is 4.74 Å². The molecular formula is C14H20FNO2. The van der Waals surface area contributed by atoms with Crippen molar-refractivity contribution >= 4 is 5.91 Å². The van der Waals surface area contributed by atoms with Gasteiger partial charge in [0.2, 0.25) is 5.91 Å². The Labute approximate surface area is 107 Å². The molecule has 3 nitrogen and oxygen atoms in total. The fraction of sp³-hybridized carbons (Fsp3) is 0.500. The summed E-state index contributed by atoms with van der Waals surface area (Å²) in [5.41, 5.74) is 0.724. The zero-order valence-electron chi connectivity index (χ0n) is 11.1. The van der Waals surface area contributed by atoms with Gasteiger partial charge in [-0.2, -0.15) is 0 Å². The van der Waals surface area contributed by atoms with E-state index in [1.54, 1.807) is 19.2 Å². The Morgan fingerprint density at radius 1 is 1.44 bits per heavy atom. The first kappa shape index (κ1) is 14.6. The highest BCUT2D eigenvalue weighted by atomic mass is 19.1. The molecule has 0 aliphatic carbocycles. The molecule has 1 rings (SSSR count). The second-order valence-corrected chi connectivity index (χ2v) is 4.68. The summed E-state index contributed by atoms with van der Waals surface area (Å²) >= 11 is 0. The summed E-state index contributed by atoms with van der Waals surface area (Å²) in [5, 5.41) is 2.80. The number of ether oxygens (including phenoxy) is 1. The number of nitrogens with one attached hydrogen (secondary N) is 1. The molecule has 0 spiro atoms. The maximum Gasteiger partial charge on any atom is 0.220 e. The monoisotopic (exact) mass is 253 g/mol. The van der Waals surface area contributed by atoms with Gasteiger partial charge in [0, 0.05) is 20.1 Å². The zero-order chi connectivity index (χ0) is 13.5. The highest BCUT2D eigenvalue weighted by molar-refractivity contribution is 5.76. The van der Waals surface area contributed by atoms with Crippen LogP contribution in [0.4, 0.5) is 4.39 Å². The summed E-state index contributed by atoms with van der Waals surface area (Å²) in [6, 6.07) is 6.22. The molecule has 1 aromatic carbocycles. The Morgan fingerprint density at radius 3 is 2.72 bits per heavy atom. The van der Waals surface area contributed by atoms with E-state index in [2.05, 4.69) is 5.32 Å². The van der Waals surface area contributed by atoms with Crippen molar-refractivity contribution in [3.05, 3.63) is 35.6 Å². The van der Waals surface area contributed by atoms with Crippen molar-refractivity contribution in [2.75, 3.05) is 13.7 Å². The third-order valence-corrected chi connectivity index (χ3v) is 2.58. The summed E-state index contributed by atoms with van der Waals surface area (Å²) in [7, 11) is 1.55. The van der Waals surface area contributed by atoms with Gasteiger partial charge in [-0.15, -0.1) is 0 Å². The number of rotatable bonds is 6. The van der Waals surface area contributed by atoms with Gasteiger partial charge in [0.05, 0.1) is 6.10 Å². The summed E-state index contributed by atoms with van der Waals surface area (Å²) in [6.45, 7) is 4.32. The highest BCUT2D eigenvalue weighted by Crippen LogP contribution is 2.16. The largest absolute Gasteiger partial charge is 0.375 e. The van der Waals surface area contributed by atoms with Gasteiger partial charge in [0.25, 0.3) is 0 Å². The summed E-state index contributed by atoms with van der Waals surface area (Å²) in [4.78, 5) is 11.5. The van der Waals surface area contributed by atoms with E-state index < -0.39 is 0 Å². The summed E-state index contributed by atoms with van der Waals surface area (Å²) < 4.78 is 18.4. The van der Waals surface area contributed by atoms with E-state index in [1.165, 1.54) is 12.1 Å². The molecule has 1 atom stereocenters. The van der Waals surface area contributed by atoms with Crippen LogP contribution in [0.1, 0.15) is 31.9 Å². The van der Waals surface area contributed by atoms with E-state index in [0.717, 1.165) is 5.56 Å². The molecule has 0 radical (unpaired) electrons. The van der Waals surface area contributed by atoms with Crippen LogP contribution in [0.25, 0.3) is 0 Å². The van der Waals surface area contributed by atoms with Crippen LogP contribution in [-0.2, 0) is 9.53 Å². The van der Waals surface area contributed by atoms with Gasteiger partial charge < -0.3 is 10.1 Å². The van der Waals surface area contributed by atoms with Crippen LogP contribution in [0, 0.1) is 11.7 Å². The molecule has 1 aromatic rings. The standard InChI is InChI=1S/C14H20FNO2/c1-10(2)7-14(17)16-9-13(18-3)11-5-4-6-12(15)8-11/h4-6,8,10,13H,7,9H2,1-3H3,(H,16,17). The topological polar surface area (TPSA) is 38.3 Å². The third-order valence-electron chi connectivity index (χ3n) is 2.58. The van der Waals surface area contributed by atoms with Crippen LogP contribution in [0.3, 0.4) is 0 Å². The van der Waals surface area contributed by atoms with Crippen molar-refractivity contribution in [3.8, 4) is 0 Å². The van der Waals surface area contributed by atoms with Gasteiger partial charge in [0.15, 0.2) is 0 Å². The minimum atomic E-state index is -0.322. The lowest BCUT2D eigenvalue weighted by atomic mass is 10.1. The maximum absolute atomic E-state index is 13.1. The normalized spacial score (nSPS) is 12.5. The summed E-state index contributed by atoms with van der Waals surface area (Å²) in [6.07, 6.45) is 0.163. The molecule has 1 amide bonds. The fourth-order valence-electron chi connectivity index (χ4n) is 1.69. The Bertz CT molecular complexity index is 393. The molecule has 0 saturated carbocycles. The first-order valence-electron chi connectivity index (χ1n) is 6.08. The molecule has 100 valence electrons. The average molecular weight is 253 g/mol. The molecule has 0 saturated heterocycles. The van der Waals surface area contributed by atoms with E-state index in [1.807, 2.05) is 13.8 Å². The van der Waals surface area contributed by atoms with Gasteiger partial charge in [-0.3, -0.25) is 4.79 Å². The van der Waals surface area contributed by atoms with E-state index in [-0.39, 0.29) is 17.8 Å². The van der Waals surface area contributed by atoms with Gasteiger partial charge in [0.1, 0.15) is 5.82 Å². The first-order valence-corrected chi connectivity index (χ1v) is 6.08. The third kappa shape index (κ3) is 4.84. The van der Waals surface area contributed by atoms with Crippen LogP contribution in [0.15, 0.2) is 24.3 Å². The highest BCUT2D eigenvalue weighted by Gasteiger charge is 2.13. The number of halogens is 1. The van der Waals surface area contributed by atoms with Crippen molar-refractivity contribution in [3.63, 3.8) is 0 Å². The van der Waals surface area contributed by atoms with Gasteiger partial charge >= 0.3 is 0 Å². The Balaban J connectivity index is 2.55. The van der Waals surface area contributed by atoms with Crippen molar-refractivity contribution in [1.82, 2.24) is 5.32 Å². The molecular weight excluding hydrogens is 233 g/mol. The number of hydrogen-bond acceptors (Lipinski definition) is 2. The lowest BCUT2D eigenvalue weighted by Gasteiger charge is -2.17. The molecule has 18 heavy (non-hydrogen) atoms. The SMILES string of the molecule is COC(CNC(=O)CC(C)C)c1cccc(F)c1. The van der Waals surface area contributed by atoms with E-state index >= 15 is 0 Å². The molecule has 0 aliphatic heterocycles. The molecule has 0 bridgehead atoms. The van der Waals surface area contributed by atoms with Crippen molar-refractivity contribution < 1.29 is 13.9 Å². The maximum atomic E-state index is 13.1. The van der Waals surface area contributed by atoms with Crippen molar-refractivity contribution in [2.24, 2.45) is 5.92 Å². The van der Waals surface area contributed by atoms with Crippen molar-refractivity contribution in [1.29, 1.82) is 0 Å². The molecule has 0 fully saturated rings. The fourth-order valence-corrected chi connectivity index (χ4v) is 1.69. The predicted octanol–water partition coefficient (Wildman–Crippen LogP) is 2.68. The van der Waals surface area contributed by atoms with Gasteiger partial charge in [-0.05, 0) is 23.6 Å². The number of benzene rings is 1. The quantitative estimate of drug-likeness (QED) is 0.846. The van der Waals surface area contributed by atoms with E-state index in [0.29, 0.717) is 18.9 Å². The number of carbonyl (C=O) groups excluding carboxylic acids is 1. The minimum Gasteiger partial charge on any atom is -0.375 e. The number of methoxy groups -OCH3 is 1.